The molecular weight excluding hydrogens is 324 g/mol. The van der Waals surface area contributed by atoms with E-state index in [1.165, 1.54) is 11.3 Å². The van der Waals surface area contributed by atoms with Crippen molar-refractivity contribution in [1.82, 2.24) is 5.32 Å². The monoisotopic (exact) mass is 360 g/mol. The summed E-state index contributed by atoms with van der Waals surface area (Å²) >= 11 is 0. The summed E-state index contributed by atoms with van der Waals surface area (Å²) in [5, 5.41) is 6.58. The topological polar surface area (TPSA) is 50.4 Å². The molecule has 0 aromatic heterocycles. The van der Waals surface area contributed by atoms with Gasteiger partial charge in [0.2, 0.25) is 0 Å². The van der Waals surface area contributed by atoms with E-state index in [0.717, 1.165) is 32.2 Å². The van der Waals surface area contributed by atoms with Crippen LogP contribution in [0, 0.1) is 5.92 Å². The minimum Gasteiger partial charge on any atom is -0.444 e. The van der Waals surface area contributed by atoms with Crippen molar-refractivity contribution in [3.63, 3.8) is 0 Å². The van der Waals surface area contributed by atoms with Gasteiger partial charge >= 0.3 is 6.09 Å². The molecule has 1 fully saturated rings. The standard InChI is InChI=1S/C22H36N2O2/c1-21(2,3)17-9-13-18(14-10-17)23-15-16-7-11-19(12-8-16)24-20(25)26-22(4,5)6/h9-10,13-14,16,19,23H,7-8,11-12,15H2,1-6H3,(H,24,25)/t16-,19-. The summed E-state index contributed by atoms with van der Waals surface area (Å²) in [7, 11) is 0. The second-order valence-electron chi connectivity index (χ2n) is 9.57. The van der Waals surface area contributed by atoms with Crippen molar-refractivity contribution >= 4 is 11.8 Å². The normalized spacial score (nSPS) is 21.2. The van der Waals surface area contributed by atoms with E-state index in [1.807, 2.05) is 20.8 Å². The molecule has 1 aliphatic rings. The summed E-state index contributed by atoms with van der Waals surface area (Å²) in [5.41, 5.74) is 2.30. The summed E-state index contributed by atoms with van der Waals surface area (Å²) in [6.45, 7) is 13.4. The van der Waals surface area contributed by atoms with Crippen LogP contribution in [0.15, 0.2) is 24.3 Å². The van der Waals surface area contributed by atoms with Gasteiger partial charge in [0.1, 0.15) is 5.60 Å². The number of amides is 1. The molecule has 2 N–H and O–H groups in total. The highest BCUT2D eigenvalue weighted by atomic mass is 16.6. The third-order valence-electron chi connectivity index (χ3n) is 4.91. The third-order valence-corrected chi connectivity index (χ3v) is 4.91. The van der Waals surface area contributed by atoms with Gasteiger partial charge in [-0.15, -0.1) is 0 Å². The number of nitrogens with one attached hydrogen (secondary N) is 2. The van der Waals surface area contributed by atoms with Gasteiger partial charge in [-0.2, -0.15) is 0 Å². The number of benzene rings is 1. The second kappa shape index (κ2) is 8.32. The van der Waals surface area contributed by atoms with E-state index in [0.29, 0.717) is 5.92 Å². The van der Waals surface area contributed by atoms with Crippen LogP contribution in [0.1, 0.15) is 72.8 Å². The molecule has 0 unspecified atom stereocenters. The molecule has 1 amide bonds. The zero-order valence-corrected chi connectivity index (χ0v) is 17.3. The molecule has 0 atom stereocenters. The van der Waals surface area contributed by atoms with Crippen LogP contribution in [0.3, 0.4) is 0 Å². The second-order valence-corrected chi connectivity index (χ2v) is 9.57. The Balaban J connectivity index is 1.71. The van der Waals surface area contributed by atoms with Crippen molar-refractivity contribution in [1.29, 1.82) is 0 Å². The number of hydrogen-bond donors (Lipinski definition) is 2. The smallest absolute Gasteiger partial charge is 0.407 e. The molecule has 4 nitrogen and oxygen atoms in total. The maximum Gasteiger partial charge on any atom is 0.407 e. The van der Waals surface area contributed by atoms with Crippen LogP contribution >= 0.6 is 0 Å². The summed E-state index contributed by atoms with van der Waals surface area (Å²) in [6.07, 6.45) is 4.02. The molecule has 2 rings (SSSR count). The summed E-state index contributed by atoms with van der Waals surface area (Å²) in [4.78, 5) is 11.9. The number of carbonyl (C=O) groups excluding carboxylic acids is 1. The first-order valence-electron chi connectivity index (χ1n) is 9.87. The Morgan fingerprint density at radius 1 is 1.00 bits per heavy atom. The largest absolute Gasteiger partial charge is 0.444 e. The fourth-order valence-electron chi connectivity index (χ4n) is 3.34. The van der Waals surface area contributed by atoms with E-state index in [-0.39, 0.29) is 17.6 Å². The molecule has 0 saturated heterocycles. The maximum atomic E-state index is 11.9. The number of rotatable bonds is 4. The number of alkyl carbamates (subject to hydrolysis) is 1. The maximum absolute atomic E-state index is 11.9. The molecule has 0 bridgehead atoms. The fourth-order valence-corrected chi connectivity index (χ4v) is 3.34. The Morgan fingerprint density at radius 2 is 1.58 bits per heavy atom. The van der Waals surface area contributed by atoms with Gasteiger partial charge in [0, 0.05) is 18.3 Å². The number of anilines is 1. The first-order valence-corrected chi connectivity index (χ1v) is 9.87. The van der Waals surface area contributed by atoms with Crippen LogP contribution in [0.2, 0.25) is 0 Å². The van der Waals surface area contributed by atoms with Crippen molar-refractivity contribution in [3.8, 4) is 0 Å². The highest BCUT2D eigenvalue weighted by Gasteiger charge is 2.24. The highest BCUT2D eigenvalue weighted by Crippen LogP contribution is 2.26. The fraction of sp³-hybridized carbons (Fsp3) is 0.682. The van der Waals surface area contributed by atoms with Gasteiger partial charge in [0.15, 0.2) is 0 Å². The van der Waals surface area contributed by atoms with Crippen LogP contribution in [-0.4, -0.2) is 24.3 Å². The van der Waals surface area contributed by atoms with Crippen molar-refractivity contribution in [2.75, 3.05) is 11.9 Å². The predicted octanol–water partition coefficient (Wildman–Crippen LogP) is 5.48. The first-order chi connectivity index (χ1) is 12.0. The zero-order chi connectivity index (χ0) is 19.4. The highest BCUT2D eigenvalue weighted by molar-refractivity contribution is 5.68. The van der Waals surface area contributed by atoms with Gasteiger partial charge < -0.3 is 15.4 Å². The van der Waals surface area contributed by atoms with Gasteiger partial charge in [-0.3, -0.25) is 0 Å². The van der Waals surface area contributed by atoms with Gasteiger partial charge in [0.25, 0.3) is 0 Å². The van der Waals surface area contributed by atoms with E-state index < -0.39 is 5.60 Å². The van der Waals surface area contributed by atoms with E-state index >= 15 is 0 Å². The van der Waals surface area contributed by atoms with Crippen LogP contribution in [0.5, 0.6) is 0 Å². The molecule has 4 heteroatoms. The number of hydrogen-bond acceptors (Lipinski definition) is 3. The molecule has 146 valence electrons. The lowest BCUT2D eigenvalue weighted by Crippen LogP contribution is -2.41. The van der Waals surface area contributed by atoms with Crippen molar-refractivity contribution in [2.24, 2.45) is 5.92 Å². The predicted molar refractivity (Wildman–Crippen MR) is 109 cm³/mol. The Labute approximate surface area is 159 Å². The molecule has 0 aliphatic heterocycles. The Hall–Kier alpha value is -1.71. The molecule has 0 heterocycles. The molecule has 0 spiro atoms. The van der Waals surface area contributed by atoms with E-state index in [9.17, 15) is 4.79 Å². The lowest BCUT2D eigenvalue weighted by atomic mass is 9.85. The van der Waals surface area contributed by atoms with Gasteiger partial charge in [-0.1, -0.05) is 32.9 Å². The number of ether oxygens (including phenoxy) is 1. The summed E-state index contributed by atoms with van der Waals surface area (Å²) in [6, 6.07) is 9.02. The average Bonchev–Trinajstić information content (AvgIpc) is 2.52. The Morgan fingerprint density at radius 3 is 2.08 bits per heavy atom. The summed E-state index contributed by atoms with van der Waals surface area (Å²) < 4.78 is 5.34. The van der Waals surface area contributed by atoms with Gasteiger partial charge in [0.05, 0.1) is 0 Å². The average molecular weight is 361 g/mol. The lowest BCUT2D eigenvalue weighted by Gasteiger charge is -2.30. The Kier molecular flexibility index (Phi) is 6.59. The van der Waals surface area contributed by atoms with Crippen LogP contribution < -0.4 is 10.6 Å². The molecule has 1 aromatic carbocycles. The lowest BCUT2D eigenvalue weighted by molar-refractivity contribution is 0.0488. The molecule has 0 radical (unpaired) electrons. The van der Waals surface area contributed by atoms with Crippen molar-refractivity contribution in [3.05, 3.63) is 29.8 Å². The summed E-state index contributed by atoms with van der Waals surface area (Å²) in [5.74, 6) is 0.661. The molecule has 1 aliphatic carbocycles. The van der Waals surface area contributed by atoms with Crippen LogP contribution in [0.4, 0.5) is 10.5 Å². The quantitative estimate of drug-likeness (QED) is 0.747. The van der Waals surface area contributed by atoms with E-state index in [1.54, 1.807) is 0 Å². The first kappa shape index (κ1) is 20.6. The van der Waals surface area contributed by atoms with Crippen LogP contribution in [0.25, 0.3) is 0 Å². The van der Waals surface area contributed by atoms with Gasteiger partial charge in [-0.25, -0.2) is 4.79 Å². The van der Waals surface area contributed by atoms with E-state index in [4.69, 9.17) is 4.74 Å². The van der Waals surface area contributed by atoms with Crippen LogP contribution in [-0.2, 0) is 10.2 Å². The van der Waals surface area contributed by atoms with Gasteiger partial charge in [-0.05, 0) is 75.5 Å². The molecular formula is C22H36N2O2. The third kappa shape index (κ3) is 6.89. The molecule has 1 aromatic rings. The minimum atomic E-state index is -0.437. The zero-order valence-electron chi connectivity index (χ0n) is 17.3. The minimum absolute atomic E-state index is 0.193. The molecule has 1 saturated carbocycles. The molecule has 26 heavy (non-hydrogen) atoms. The Bertz CT molecular complexity index is 574. The SMILES string of the molecule is CC(C)(C)OC(=O)N[C@H]1CC[C@H](CNc2ccc(C(C)(C)C)cc2)CC1. The number of carbonyl (C=O) groups is 1. The van der Waals surface area contributed by atoms with Crippen molar-refractivity contribution < 1.29 is 9.53 Å². The van der Waals surface area contributed by atoms with E-state index in [2.05, 4.69) is 55.7 Å². The van der Waals surface area contributed by atoms with Crippen molar-refractivity contribution in [2.45, 2.75) is 84.3 Å².